The maximum atomic E-state index is 13.8. The van der Waals surface area contributed by atoms with Gasteiger partial charge in [-0.2, -0.15) is 5.10 Å². The van der Waals surface area contributed by atoms with Crippen molar-refractivity contribution in [1.29, 1.82) is 0 Å². The zero-order valence-corrected chi connectivity index (χ0v) is 24.2. The van der Waals surface area contributed by atoms with E-state index in [9.17, 15) is 9.59 Å². The van der Waals surface area contributed by atoms with Crippen LogP contribution in [0.5, 0.6) is 5.88 Å². The van der Waals surface area contributed by atoms with Crippen molar-refractivity contribution in [3.05, 3.63) is 87.8 Å². The fourth-order valence-corrected chi connectivity index (χ4v) is 6.15. The van der Waals surface area contributed by atoms with E-state index in [1.807, 2.05) is 38.9 Å². The largest absolute Gasteiger partial charge is 0.473 e. The lowest BCUT2D eigenvalue weighted by Crippen LogP contribution is -2.39. The number of likely N-dealkylation sites (tertiary alicyclic amines) is 2. The zero-order valence-electron chi connectivity index (χ0n) is 22.6. The Balaban J connectivity index is 1.28. The van der Waals surface area contributed by atoms with Gasteiger partial charge in [0.1, 0.15) is 6.61 Å². The van der Waals surface area contributed by atoms with Gasteiger partial charge in [0, 0.05) is 88.3 Å². The summed E-state index contributed by atoms with van der Waals surface area (Å²) in [7, 11) is 0. The highest BCUT2D eigenvalue weighted by molar-refractivity contribution is 6.35. The van der Waals surface area contributed by atoms with Gasteiger partial charge >= 0.3 is 0 Å². The van der Waals surface area contributed by atoms with Gasteiger partial charge in [0.05, 0.1) is 6.04 Å². The SMILES string of the molecule is O=C(c1cc(C(=O)N2CCCCC2)c2cc(OCc3ccc(Cl)cc3Cl)ncc2c1)N1CCC(n2cccn2)CC1. The Morgan fingerprint density at radius 1 is 0.927 bits per heavy atom. The monoisotopic (exact) mass is 591 g/mol. The summed E-state index contributed by atoms with van der Waals surface area (Å²) in [5, 5.41) is 6.86. The molecule has 2 fully saturated rings. The molecular formula is C31H31Cl2N5O3. The molecule has 8 nitrogen and oxygen atoms in total. The average molecular weight is 593 g/mol. The highest BCUT2D eigenvalue weighted by Crippen LogP contribution is 2.30. The highest BCUT2D eigenvalue weighted by Gasteiger charge is 2.27. The van der Waals surface area contributed by atoms with E-state index in [0.29, 0.717) is 58.6 Å². The molecule has 4 heterocycles. The molecule has 0 atom stereocenters. The second-order valence-electron chi connectivity index (χ2n) is 10.7. The minimum Gasteiger partial charge on any atom is -0.473 e. The summed E-state index contributed by atoms with van der Waals surface area (Å²) >= 11 is 12.3. The smallest absolute Gasteiger partial charge is 0.254 e. The van der Waals surface area contributed by atoms with Crippen LogP contribution >= 0.6 is 23.2 Å². The molecule has 0 aliphatic carbocycles. The number of aromatic nitrogens is 3. The minimum absolute atomic E-state index is 0.0698. The molecule has 0 saturated carbocycles. The first-order chi connectivity index (χ1) is 20.0. The quantitative estimate of drug-likeness (QED) is 0.258. The van der Waals surface area contributed by atoms with E-state index in [2.05, 4.69) is 10.1 Å². The van der Waals surface area contributed by atoms with E-state index in [1.165, 1.54) is 0 Å². The molecule has 2 aromatic carbocycles. The Labute approximate surface area is 248 Å². The molecule has 212 valence electrons. The van der Waals surface area contributed by atoms with Gasteiger partial charge in [-0.15, -0.1) is 0 Å². The van der Waals surface area contributed by atoms with Crippen LogP contribution in [-0.4, -0.2) is 62.6 Å². The minimum atomic E-state index is -0.0729. The van der Waals surface area contributed by atoms with E-state index in [-0.39, 0.29) is 24.5 Å². The second-order valence-corrected chi connectivity index (χ2v) is 11.5. The van der Waals surface area contributed by atoms with E-state index in [1.54, 1.807) is 36.7 Å². The molecule has 2 aromatic heterocycles. The van der Waals surface area contributed by atoms with Crippen LogP contribution < -0.4 is 4.74 Å². The van der Waals surface area contributed by atoms with Crippen LogP contribution in [-0.2, 0) is 6.61 Å². The molecule has 41 heavy (non-hydrogen) atoms. The Morgan fingerprint density at radius 3 is 2.44 bits per heavy atom. The number of piperidine rings is 2. The van der Waals surface area contributed by atoms with Gasteiger partial charge < -0.3 is 14.5 Å². The van der Waals surface area contributed by atoms with Gasteiger partial charge in [-0.05, 0) is 62.4 Å². The van der Waals surface area contributed by atoms with Crippen LogP contribution in [0.1, 0.15) is 64.4 Å². The zero-order chi connectivity index (χ0) is 28.3. The number of carbonyl (C=O) groups is 2. The van der Waals surface area contributed by atoms with Crippen LogP contribution in [0.15, 0.2) is 61.1 Å². The summed E-state index contributed by atoms with van der Waals surface area (Å²) < 4.78 is 7.94. The average Bonchev–Trinajstić information content (AvgIpc) is 3.55. The fourth-order valence-electron chi connectivity index (χ4n) is 5.69. The molecule has 0 bridgehead atoms. The van der Waals surface area contributed by atoms with Crippen molar-refractivity contribution in [2.75, 3.05) is 26.2 Å². The maximum absolute atomic E-state index is 13.8. The highest BCUT2D eigenvalue weighted by atomic mass is 35.5. The number of pyridine rings is 1. The van der Waals surface area contributed by atoms with Crippen LogP contribution in [0, 0.1) is 0 Å². The normalized spacial score (nSPS) is 16.2. The van der Waals surface area contributed by atoms with Crippen molar-refractivity contribution in [3.8, 4) is 5.88 Å². The Bertz CT molecular complexity index is 1560. The van der Waals surface area contributed by atoms with Crippen molar-refractivity contribution >= 4 is 45.8 Å². The molecular weight excluding hydrogens is 561 g/mol. The molecule has 2 saturated heterocycles. The number of fused-ring (bicyclic) bond motifs is 1. The van der Waals surface area contributed by atoms with Gasteiger partial charge in [-0.3, -0.25) is 14.3 Å². The third-order valence-electron chi connectivity index (χ3n) is 7.97. The van der Waals surface area contributed by atoms with Crippen molar-refractivity contribution in [2.24, 2.45) is 0 Å². The van der Waals surface area contributed by atoms with Gasteiger partial charge in [0.2, 0.25) is 5.88 Å². The lowest BCUT2D eigenvalue weighted by atomic mass is 9.98. The van der Waals surface area contributed by atoms with E-state index >= 15 is 0 Å². The van der Waals surface area contributed by atoms with Crippen molar-refractivity contribution in [2.45, 2.75) is 44.8 Å². The molecule has 6 rings (SSSR count). The van der Waals surface area contributed by atoms with E-state index in [0.717, 1.165) is 43.1 Å². The van der Waals surface area contributed by atoms with Gasteiger partial charge in [-0.25, -0.2) is 4.98 Å². The standard InChI is InChI=1S/C31H31Cl2N5O3/c32-24-6-5-21(28(33)17-24)20-41-29-18-26-23(19-34-29)15-22(16-27(26)31(40)36-10-2-1-3-11-36)30(39)37-13-7-25(8-14-37)38-12-4-9-35-38/h4-6,9,12,15-19,25H,1-3,7-8,10-11,13-14,20H2. The van der Waals surface area contributed by atoms with Gasteiger partial charge in [-0.1, -0.05) is 29.3 Å². The number of halogens is 2. The number of hydrogen-bond donors (Lipinski definition) is 0. The summed E-state index contributed by atoms with van der Waals surface area (Å²) in [5.74, 6) is 0.229. The molecule has 2 aliphatic rings. The molecule has 0 unspecified atom stereocenters. The number of rotatable bonds is 6. The third kappa shape index (κ3) is 6.04. The van der Waals surface area contributed by atoms with Crippen molar-refractivity contribution < 1.29 is 14.3 Å². The first kappa shape index (κ1) is 27.5. The molecule has 0 spiro atoms. The van der Waals surface area contributed by atoms with Crippen LogP contribution in [0.2, 0.25) is 10.0 Å². The predicted octanol–water partition coefficient (Wildman–Crippen LogP) is 6.42. The topological polar surface area (TPSA) is 80.6 Å². The number of benzene rings is 2. The van der Waals surface area contributed by atoms with E-state index in [4.69, 9.17) is 27.9 Å². The summed E-state index contributed by atoms with van der Waals surface area (Å²) in [6, 6.07) is 12.8. The van der Waals surface area contributed by atoms with E-state index < -0.39 is 0 Å². The first-order valence-corrected chi connectivity index (χ1v) is 14.8. The molecule has 2 aliphatic heterocycles. The van der Waals surface area contributed by atoms with Crippen LogP contribution in [0.3, 0.4) is 0 Å². The number of ether oxygens (including phenoxy) is 1. The Morgan fingerprint density at radius 2 is 1.71 bits per heavy atom. The van der Waals surface area contributed by atoms with Gasteiger partial charge in [0.15, 0.2) is 0 Å². The van der Waals surface area contributed by atoms with Crippen molar-refractivity contribution in [3.63, 3.8) is 0 Å². The lowest BCUT2D eigenvalue weighted by molar-refractivity contribution is 0.0690. The second kappa shape index (κ2) is 12.1. The van der Waals surface area contributed by atoms with Crippen molar-refractivity contribution in [1.82, 2.24) is 24.6 Å². The summed E-state index contributed by atoms with van der Waals surface area (Å²) in [6.45, 7) is 2.89. The number of nitrogens with zero attached hydrogens (tertiary/aromatic N) is 5. The summed E-state index contributed by atoms with van der Waals surface area (Å²) in [4.78, 5) is 35.7. The number of hydrogen-bond acceptors (Lipinski definition) is 5. The van der Waals surface area contributed by atoms with Crippen LogP contribution in [0.25, 0.3) is 10.8 Å². The maximum Gasteiger partial charge on any atom is 0.254 e. The predicted molar refractivity (Wildman–Crippen MR) is 159 cm³/mol. The third-order valence-corrected chi connectivity index (χ3v) is 8.56. The molecule has 0 N–H and O–H groups in total. The molecule has 2 amide bonds. The van der Waals surface area contributed by atoms with Gasteiger partial charge in [0.25, 0.3) is 11.8 Å². The number of carbonyl (C=O) groups excluding carboxylic acids is 2. The first-order valence-electron chi connectivity index (χ1n) is 14.0. The fraction of sp³-hybridized carbons (Fsp3) is 0.355. The van der Waals surface area contributed by atoms with Crippen LogP contribution in [0.4, 0.5) is 0 Å². The number of amides is 2. The Kier molecular flexibility index (Phi) is 8.12. The molecule has 4 aromatic rings. The summed E-state index contributed by atoms with van der Waals surface area (Å²) in [5.41, 5.74) is 1.77. The molecule has 0 radical (unpaired) electrons. The summed E-state index contributed by atoms with van der Waals surface area (Å²) in [6.07, 6.45) is 10.2. The Hall–Kier alpha value is -3.62. The lowest BCUT2D eigenvalue weighted by Gasteiger charge is -2.32. The molecule has 10 heteroatoms.